The smallest absolute Gasteiger partial charge is 0.226 e. The van der Waals surface area contributed by atoms with E-state index in [1.54, 1.807) is 0 Å². The third-order valence-corrected chi connectivity index (χ3v) is 4.58. The second kappa shape index (κ2) is 3.59. The monoisotopic (exact) mass is 220 g/mol. The maximum absolute atomic E-state index is 12.4. The van der Waals surface area contributed by atoms with Gasteiger partial charge >= 0.3 is 0 Å². The molecule has 2 bridgehead atoms. The van der Waals surface area contributed by atoms with Crippen LogP contribution >= 0.6 is 0 Å². The minimum Gasteiger partial charge on any atom is -0.341 e. The SMILES string of the molecule is CC1CN(C(=O)C2CC3C=CC2C3)CC1N. The van der Waals surface area contributed by atoms with Crippen molar-refractivity contribution in [3.63, 3.8) is 0 Å². The molecule has 5 atom stereocenters. The van der Waals surface area contributed by atoms with Gasteiger partial charge in [0.2, 0.25) is 5.91 Å². The third-order valence-electron chi connectivity index (χ3n) is 4.58. The number of fused-ring (bicyclic) bond motifs is 2. The maximum Gasteiger partial charge on any atom is 0.226 e. The van der Waals surface area contributed by atoms with E-state index >= 15 is 0 Å². The molecule has 1 saturated heterocycles. The van der Waals surface area contributed by atoms with Crippen molar-refractivity contribution in [2.75, 3.05) is 13.1 Å². The van der Waals surface area contributed by atoms with Crippen LogP contribution < -0.4 is 5.73 Å². The van der Waals surface area contributed by atoms with Gasteiger partial charge in [-0.15, -0.1) is 0 Å². The highest BCUT2D eigenvalue weighted by molar-refractivity contribution is 5.80. The topological polar surface area (TPSA) is 46.3 Å². The normalized spacial score (nSPS) is 45.6. The van der Waals surface area contributed by atoms with Crippen LogP contribution in [0, 0.1) is 23.7 Å². The van der Waals surface area contributed by atoms with Crippen molar-refractivity contribution in [3.05, 3.63) is 12.2 Å². The molecule has 1 aliphatic heterocycles. The Morgan fingerprint density at radius 2 is 2.12 bits per heavy atom. The van der Waals surface area contributed by atoms with Crippen LogP contribution in [0.2, 0.25) is 0 Å². The highest BCUT2D eigenvalue weighted by Gasteiger charge is 2.43. The molecule has 0 radical (unpaired) electrons. The second-order valence-electron chi connectivity index (χ2n) is 5.77. The van der Waals surface area contributed by atoms with Gasteiger partial charge in [0.15, 0.2) is 0 Å². The van der Waals surface area contributed by atoms with Gasteiger partial charge in [-0.05, 0) is 30.6 Å². The molecule has 2 N–H and O–H groups in total. The Labute approximate surface area is 96.7 Å². The van der Waals surface area contributed by atoms with E-state index < -0.39 is 0 Å². The molecule has 16 heavy (non-hydrogen) atoms. The lowest BCUT2D eigenvalue weighted by Gasteiger charge is -2.24. The van der Waals surface area contributed by atoms with E-state index in [1.807, 2.05) is 4.90 Å². The summed E-state index contributed by atoms with van der Waals surface area (Å²) < 4.78 is 0. The van der Waals surface area contributed by atoms with E-state index in [0.717, 1.165) is 19.5 Å². The third kappa shape index (κ3) is 1.49. The maximum atomic E-state index is 12.4. The first-order valence-corrected chi connectivity index (χ1v) is 6.38. The Hall–Kier alpha value is -0.830. The van der Waals surface area contributed by atoms with Crippen molar-refractivity contribution in [2.45, 2.75) is 25.8 Å². The Balaban J connectivity index is 1.68. The molecule has 0 spiro atoms. The first-order valence-electron chi connectivity index (χ1n) is 6.38. The first-order chi connectivity index (χ1) is 7.65. The van der Waals surface area contributed by atoms with E-state index in [-0.39, 0.29) is 12.0 Å². The number of likely N-dealkylation sites (tertiary alicyclic amines) is 1. The van der Waals surface area contributed by atoms with Crippen molar-refractivity contribution < 1.29 is 4.79 Å². The van der Waals surface area contributed by atoms with Crippen LogP contribution in [-0.2, 0) is 4.79 Å². The highest BCUT2D eigenvalue weighted by atomic mass is 16.2. The fourth-order valence-electron chi connectivity index (χ4n) is 3.47. The molecular weight excluding hydrogens is 200 g/mol. The summed E-state index contributed by atoms with van der Waals surface area (Å²) in [7, 11) is 0. The van der Waals surface area contributed by atoms with Crippen LogP contribution in [0.1, 0.15) is 19.8 Å². The van der Waals surface area contributed by atoms with Gasteiger partial charge in [0.1, 0.15) is 0 Å². The molecule has 3 rings (SSSR count). The quantitative estimate of drug-likeness (QED) is 0.670. The molecule has 2 fully saturated rings. The molecule has 0 aromatic carbocycles. The summed E-state index contributed by atoms with van der Waals surface area (Å²) in [5, 5.41) is 0. The van der Waals surface area contributed by atoms with Gasteiger partial charge in [-0.2, -0.15) is 0 Å². The fourth-order valence-corrected chi connectivity index (χ4v) is 3.47. The van der Waals surface area contributed by atoms with E-state index in [2.05, 4.69) is 19.1 Å². The van der Waals surface area contributed by atoms with Gasteiger partial charge in [0, 0.05) is 25.0 Å². The van der Waals surface area contributed by atoms with Gasteiger partial charge in [0.25, 0.3) is 0 Å². The predicted molar refractivity (Wildman–Crippen MR) is 62.6 cm³/mol. The zero-order valence-corrected chi connectivity index (χ0v) is 9.80. The van der Waals surface area contributed by atoms with E-state index in [4.69, 9.17) is 5.73 Å². The molecule has 5 unspecified atom stereocenters. The number of rotatable bonds is 1. The average molecular weight is 220 g/mol. The lowest BCUT2D eigenvalue weighted by molar-refractivity contribution is -0.135. The highest BCUT2D eigenvalue weighted by Crippen LogP contribution is 2.44. The number of nitrogens with zero attached hydrogens (tertiary/aromatic N) is 1. The fraction of sp³-hybridized carbons (Fsp3) is 0.769. The summed E-state index contributed by atoms with van der Waals surface area (Å²) >= 11 is 0. The molecule has 2 aliphatic carbocycles. The van der Waals surface area contributed by atoms with Gasteiger partial charge in [-0.3, -0.25) is 4.79 Å². The van der Waals surface area contributed by atoms with Gasteiger partial charge in [-0.1, -0.05) is 19.1 Å². The number of amides is 1. The van der Waals surface area contributed by atoms with Crippen molar-refractivity contribution in [3.8, 4) is 0 Å². The zero-order valence-electron chi connectivity index (χ0n) is 9.80. The molecule has 3 heteroatoms. The summed E-state index contributed by atoms with van der Waals surface area (Å²) in [4.78, 5) is 14.4. The van der Waals surface area contributed by atoms with E-state index in [1.165, 1.54) is 6.42 Å². The van der Waals surface area contributed by atoms with Crippen LogP contribution in [0.4, 0.5) is 0 Å². The number of hydrogen-bond acceptors (Lipinski definition) is 2. The number of hydrogen-bond donors (Lipinski definition) is 1. The first kappa shape index (κ1) is 10.3. The largest absolute Gasteiger partial charge is 0.341 e. The van der Waals surface area contributed by atoms with Crippen LogP contribution in [0.15, 0.2) is 12.2 Å². The number of allylic oxidation sites excluding steroid dienone is 2. The molecule has 88 valence electrons. The van der Waals surface area contributed by atoms with Crippen LogP contribution in [0.5, 0.6) is 0 Å². The van der Waals surface area contributed by atoms with Crippen LogP contribution in [0.25, 0.3) is 0 Å². The molecule has 1 heterocycles. The molecule has 1 saturated carbocycles. The Morgan fingerprint density at radius 1 is 1.31 bits per heavy atom. The molecule has 3 nitrogen and oxygen atoms in total. The Morgan fingerprint density at radius 3 is 2.62 bits per heavy atom. The van der Waals surface area contributed by atoms with Gasteiger partial charge in [0.05, 0.1) is 0 Å². The molecule has 0 aromatic rings. The summed E-state index contributed by atoms with van der Waals surface area (Å²) in [6.45, 7) is 3.76. The average Bonchev–Trinajstić information content (AvgIpc) is 2.94. The van der Waals surface area contributed by atoms with Crippen molar-refractivity contribution in [1.29, 1.82) is 0 Å². The Bertz CT molecular complexity index is 329. The van der Waals surface area contributed by atoms with Gasteiger partial charge in [-0.25, -0.2) is 0 Å². The molecular formula is C13H20N2O. The summed E-state index contributed by atoms with van der Waals surface area (Å²) in [6.07, 6.45) is 6.80. The second-order valence-corrected chi connectivity index (χ2v) is 5.77. The minimum absolute atomic E-state index is 0.179. The van der Waals surface area contributed by atoms with Gasteiger partial charge < -0.3 is 10.6 Å². The van der Waals surface area contributed by atoms with Crippen LogP contribution in [-0.4, -0.2) is 29.9 Å². The van der Waals surface area contributed by atoms with Crippen molar-refractivity contribution in [2.24, 2.45) is 29.4 Å². The number of carbonyl (C=O) groups is 1. The standard InChI is InChI=1S/C13H20N2O/c1-8-6-15(7-12(8)14)13(16)11-5-9-2-3-10(11)4-9/h2-3,8-12H,4-7,14H2,1H3. The molecule has 0 aromatic heterocycles. The zero-order chi connectivity index (χ0) is 11.3. The van der Waals surface area contributed by atoms with Crippen molar-refractivity contribution in [1.82, 2.24) is 4.90 Å². The summed E-state index contributed by atoms with van der Waals surface area (Å²) in [6, 6.07) is 0.179. The predicted octanol–water partition coefficient (Wildman–Crippen LogP) is 1.00. The Kier molecular flexibility index (Phi) is 2.32. The lowest BCUT2D eigenvalue weighted by Crippen LogP contribution is -2.37. The van der Waals surface area contributed by atoms with E-state index in [0.29, 0.717) is 23.7 Å². The summed E-state index contributed by atoms with van der Waals surface area (Å²) in [5.74, 6) is 2.26. The lowest BCUT2D eigenvalue weighted by atomic mass is 9.92. The molecule has 1 amide bonds. The summed E-state index contributed by atoms with van der Waals surface area (Å²) in [5.41, 5.74) is 5.97. The number of nitrogens with two attached hydrogens (primary N) is 1. The molecule has 3 aliphatic rings. The minimum atomic E-state index is 0.179. The van der Waals surface area contributed by atoms with Crippen molar-refractivity contribution >= 4 is 5.91 Å². The number of carbonyl (C=O) groups excluding carboxylic acids is 1. The van der Waals surface area contributed by atoms with E-state index in [9.17, 15) is 4.79 Å². The van der Waals surface area contributed by atoms with Crippen LogP contribution in [0.3, 0.4) is 0 Å².